The number of rotatable bonds is 7. The van der Waals surface area contributed by atoms with E-state index in [-0.39, 0.29) is 12.5 Å². The lowest BCUT2D eigenvalue weighted by Crippen LogP contribution is -2.34. The zero-order valence-electron chi connectivity index (χ0n) is 16.4. The Balaban J connectivity index is 1.50. The third-order valence-corrected chi connectivity index (χ3v) is 4.70. The van der Waals surface area contributed by atoms with Gasteiger partial charge in [-0.1, -0.05) is 60.7 Å². The summed E-state index contributed by atoms with van der Waals surface area (Å²) in [5.74, 6) is 0.538. The van der Waals surface area contributed by atoms with E-state index in [2.05, 4.69) is 4.98 Å². The molecule has 0 spiro atoms. The molecule has 5 nitrogen and oxygen atoms in total. The van der Waals surface area contributed by atoms with Gasteiger partial charge in [0, 0.05) is 25.5 Å². The first-order valence-corrected chi connectivity index (χ1v) is 9.62. The first kappa shape index (κ1) is 18.7. The smallest absolute Gasteiger partial charge is 0.261 e. The zero-order valence-corrected chi connectivity index (χ0v) is 16.4. The topological polar surface area (TPSA) is 46.8 Å². The molecule has 0 aliphatic rings. The van der Waals surface area contributed by atoms with Gasteiger partial charge in [0.15, 0.2) is 18.0 Å². The Morgan fingerprint density at radius 1 is 0.931 bits per heavy atom. The summed E-state index contributed by atoms with van der Waals surface area (Å²) in [6.07, 6.45) is 3.85. The van der Waals surface area contributed by atoms with E-state index >= 15 is 0 Å². The minimum atomic E-state index is -0.0667. The van der Waals surface area contributed by atoms with Crippen LogP contribution in [0, 0.1) is 6.92 Å². The number of imidazole rings is 1. The lowest BCUT2D eigenvalue weighted by Gasteiger charge is -2.23. The lowest BCUT2D eigenvalue weighted by molar-refractivity contribution is -0.134. The van der Waals surface area contributed by atoms with E-state index in [0.717, 1.165) is 22.5 Å². The van der Waals surface area contributed by atoms with Gasteiger partial charge in [-0.15, -0.1) is 0 Å². The molecule has 0 N–H and O–H groups in total. The number of hydrogen-bond acceptors (Lipinski definition) is 3. The molecule has 146 valence electrons. The second-order valence-electron chi connectivity index (χ2n) is 7.00. The normalized spacial score (nSPS) is 10.8. The Morgan fingerprint density at radius 2 is 1.55 bits per heavy atom. The molecule has 2 heterocycles. The molecule has 1 amide bonds. The number of amides is 1. The standard InChI is InChI=1S/C24H23N3O2/c1-19-15-26-14-8-13-22(24(26)25-19)29-18-23(28)27(16-20-9-4-2-5-10-20)17-21-11-6-3-7-12-21/h2-15H,16-18H2,1H3. The number of hydrogen-bond donors (Lipinski definition) is 0. The van der Waals surface area contributed by atoms with E-state index in [9.17, 15) is 4.79 Å². The highest BCUT2D eigenvalue weighted by molar-refractivity contribution is 5.78. The van der Waals surface area contributed by atoms with Gasteiger partial charge in [0.2, 0.25) is 0 Å². The number of carbonyl (C=O) groups is 1. The van der Waals surface area contributed by atoms with E-state index in [4.69, 9.17) is 4.74 Å². The Kier molecular flexibility index (Phi) is 5.56. The van der Waals surface area contributed by atoms with Crippen LogP contribution in [-0.4, -0.2) is 26.8 Å². The minimum absolute atomic E-state index is 0.0365. The van der Waals surface area contributed by atoms with Gasteiger partial charge in [-0.25, -0.2) is 4.98 Å². The van der Waals surface area contributed by atoms with Crippen LogP contribution < -0.4 is 4.74 Å². The van der Waals surface area contributed by atoms with E-state index in [1.54, 1.807) is 0 Å². The molecule has 2 aromatic heterocycles. The maximum Gasteiger partial charge on any atom is 0.261 e. The fraction of sp³-hybridized carbons (Fsp3) is 0.167. The molecular formula is C24H23N3O2. The summed E-state index contributed by atoms with van der Waals surface area (Å²) in [4.78, 5) is 19.3. The number of pyridine rings is 1. The highest BCUT2D eigenvalue weighted by Crippen LogP contribution is 2.19. The molecule has 4 rings (SSSR count). The van der Waals surface area contributed by atoms with Crippen molar-refractivity contribution in [3.8, 4) is 5.75 Å². The summed E-state index contributed by atoms with van der Waals surface area (Å²) in [5, 5.41) is 0. The third-order valence-electron chi connectivity index (χ3n) is 4.70. The van der Waals surface area contributed by atoms with Gasteiger partial charge in [-0.3, -0.25) is 4.79 Å². The van der Waals surface area contributed by atoms with Crippen molar-refractivity contribution in [2.75, 3.05) is 6.61 Å². The van der Waals surface area contributed by atoms with Crippen molar-refractivity contribution in [2.24, 2.45) is 0 Å². The van der Waals surface area contributed by atoms with Crippen molar-refractivity contribution >= 4 is 11.6 Å². The molecule has 0 radical (unpaired) electrons. The minimum Gasteiger partial charge on any atom is -0.480 e. The van der Waals surface area contributed by atoms with Crippen LogP contribution in [0.3, 0.4) is 0 Å². The average molecular weight is 385 g/mol. The van der Waals surface area contributed by atoms with Crippen LogP contribution in [0.2, 0.25) is 0 Å². The Labute approximate surface area is 170 Å². The summed E-state index contributed by atoms with van der Waals surface area (Å²) in [6, 6.07) is 23.7. The molecule has 0 aliphatic carbocycles. The van der Waals surface area contributed by atoms with Crippen LogP contribution in [0.5, 0.6) is 5.75 Å². The maximum absolute atomic E-state index is 13.0. The van der Waals surface area contributed by atoms with E-state index in [1.165, 1.54) is 0 Å². The lowest BCUT2D eigenvalue weighted by atomic mass is 10.1. The van der Waals surface area contributed by atoms with Crippen LogP contribution in [0.25, 0.3) is 5.65 Å². The molecule has 5 heteroatoms. The Morgan fingerprint density at radius 3 is 2.17 bits per heavy atom. The number of aryl methyl sites for hydroxylation is 1. The quantitative estimate of drug-likeness (QED) is 0.478. The number of nitrogens with zero attached hydrogens (tertiary/aromatic N) is 3. The molecule has 2 aromatic carbocycles. The summed E-state index contributed by atoms with van der Waals surface area (Å²) >= 11 is 0. The van der Waals surface area contributed by atoms with Crippen molar-refractivity contribution in [3.63, 3.8) is 0 Å². The summed E-state index contributed by atoms with van der Waals surface area (Å²) in [7, 11) is 0. The van der Waals surface area contributed by atoms with Crippen LogP contribution in [0.1, 0.15) is 16.8 Å². The highest BCUT2D eigenvalue weighted by Gasteiger charge is 2.16. The van der Waals surface area contributed by atoms with Crippen molar-refractivity contribution in [2.45, 2.75) is 20.0 Å². The van der Waals surface area contributed by atoms with Crippen LogP contribution in [-0.2, 0) is 17.9 Å². The molecule has 0 aliphatic heterocycles. The number of fused-ring (bicyclic) bond motifs is 1. The Hall–Kier alpha value is -3.60. The second kappa shape index (κ2) is 8.61. The number of aromatic nitrogens is 2. The summed E-state index contributed by atoms with van der Waals surface area (Å²) in [5.41, 5.74) is 3.79. The van der Waals surface area contributed by atoms with Gasteiger partial charge in [-0.05, 0) is 30.2 Å². The van der Waals surface area contributed by atoms with E-state index in [0.29, 0.717) is 18.8 Å². The first-order chi connectivity index (χ1) is 14.2. The Bertz CT molecular complexity index is 1050. The van der Waals surface area contributed by atoms with Crippen LogP contribution in [0.4, 0.5) is 0 Å². The largest absolute Gasteiger partial charge is 0.480 e. The van der Waals surface area contributed by atoms with Crippen LogP contribution in [0.15, 0.2) is 85.2 Å². The molecule has 0 fully saturated rings. The molecule has 4 aromatic rings. The average Bonchev–Trinajstić information content (AvgIpc) is 3.14. The molecule has 0 saturated heterocycles. The van der Waals surface area contributed by atoms with Crippen molar-refractivity contribution in [1.29, 1.82) is 0 Å². The number of benzene rings is 2. The van der Waals surface area contributed by atoms with Gasteiger partial charge in [0.05, 0.1) is 5.69 Å². The molecule has 0 bridgehead atoms. The summed E-state index contributed by atoms with van der Waals surface area (Å²) in [6.45, 7) is 2.96. The SMILES string of the molecule is Cc1cn2cccc(OCC(=O)N(Cc3ccccc3)Cc3ccccc3)c2n1. The molecular weight excluding hydrogens is 362 g/mol. The number of ether oxygens (including phenoxy) is 1. The van der Waals surface area contributed by atoms with Crippen molar-refractivity contribution in [3.05, 3.63) is 102 Å². The van der Waals surface area contributed by atoms with Gasteiger partial charge in [-0.2, -0.15) is 0 Å². The van der Waals surface area contributed by atoms with Gasteiger partial charge < -0.3 is 14.0 Å². The van der Waals surface area contributed by atoms with E-state index in [1.807, 2.05) is 101 Å². The van der Waals surface area contributed by atoms with Gasteiger partial charge in [0.25, 0.3) is 5.91 Å². The molecule has 29 heavy (non-hydrogen) atoms. The molecule has 0 unspecified atom stereocenters. The third kappa shape index (κ3) is 4.63. The monoisotopic (exact) mass is 385 g/mol. The summed E-state index contributed by atoms with van der Waals surface area (Å²) < 4.78 is 7.78. The van der Waals surface area contributed by atoms with Gasteiger partial charge >= 0.3 is 0 Å². The van der Waals surface area contributed by atoms with Crippen molar-refractivity contribution < 1.29 is 9.53 Å². The van der Waals surface area contributed by atoms with Crippen LogP contribution >= 0.6 is 0 Å². The highest BCUT2D eigenvalue weighted by atomic mass is 16.5. The molecule has 0 atom stereocenters. The fourth-order valence-corrected chi connectivity index (χ4v) is 3.29. The zero-order chi connectivity index (χ0) is 20.1. The second-order valence-corrected chi connectivity index (χ2v) is 7.00. The fourth-order valence-electron chi connectivity index (χ4n) is 3.29. The maximum atomic E-state index is 13.0. The first-order valence-electron chi connectivity index (χ1n) is 9.62. The van der Waals surface area contributed by atoms with E-state index < -0.39 is 0 Å². The number of carbonyl (C=O) groups excluding carboxylic acids is 1. The van der Waals surface area contributed by atoms with Gasteiger partial charge in [0.1, 0.15) is 0 Å². The predicted octanol–water partition coefficient (Wildman–Crippen LogP) is 4.25. The van der Waals surface area contributed by atoms with Crippen molar-refractivity contribution in [1.82, 2.24) is 14.3 Å². The molecule has 0 saturated carbocycles. The predicted molar refractivity (Wildman–Crippen MR) is 113 cm³/mol.